The van der Waals surface area contributed by atoms with Crippen molar-refractivity contribution in [3.05, 3.63) is 35.1 Å². The molecule has 0 radical (unpaired) electrons. The number of nitrogens with zero attached hydrogens (tertiary/aromatic N) is 7. The Kier molecular flexibility index (Phi) is 6.50. The number of halogens is 1. The van der Waals surface area contributed by atoms with E-state index in [1.165, 1.54) is 0 Å². The molecule has 2 saturated heterocycles. The third-order valence-corrected chi connectivity index (χ3v) is 5.90. The molecule has 2 atom stereocenters. The number of amides is 1. The lowest BCUT2D eigenvalue weighted by Crippen LogP contribution is -2.50. The first kappa shape index (κ1) is 21.0. The topological polar surface area (TPSA) is 79.6 Å². The van der Waals surface area contributed by atoms with Gasteiger partial charge in [0, 0.05) is 39.3 Å². The second-order valence-electron chi connectivity index (χ2n) is 8.02. The van der Waals surface area contributed by atoms with Crippen LogP contribution >= 0.6 is 11.6 Å². The van der Waals surface area contributed by atoms with Crippen molar-refractivity contribution in [2.45, 2.75) is 39.1 Å². The van der Waals surface area contributed by atoms with Crippen LogP contribution < -0.4 is 4.90 Å². The lowest BCUT2D eigenvalue weighted by molar-refractivity contribution is -0.132. The lowest BCUT2D eigenvalue weighted by Gasteiger charge is -2.36. The molecule has 2 fully saturated rings. The van der Waals surface area contributed by atoms with Gasteiger partial charge in [0.1, 0.15) is 6.54 Å². The maximum atomic E-state index is 12.9. The van der Waals surface area contributed by atoms with E-state index in [9.17, 15) is 4.79 Å². The molecule has 3 heterocycles. The van der Waals surface area contributed by atoms with Gasteiger partial charge in [0.2, 0.25) is 5.91 Å². The average Bonchev–Trinajstić information content (AvgIpc) is 3.14. The molecule has 1 aromatic carbocycles. The zero-order valence-corrected chi connectivity index (χ0v) is 18.2. The molecule has 0 saturated carbocycles. The van der Waals surface area contributed by atoms with Crippen LogP contribution in [0.3, 0.4) is 0 Å². The van der Waals surface area contributed by atoms with E-state index in [1.807, 2.05) is 29.2 Å². The Bertz CT molecular complexity index is 858. The molecule has 0 bridgehead atoms. The van der Waals surface area contributed by atoms with Gasteiger partial charge in [-0.2, -0.15) is 0 Å². The summed E-state index contributed by atoms with van der Waals surface area (Å²) in [6.07, 6.45) is 0.350. The molecular weight excluding hydrogens is 406 g/mol. The van der Waals surface area contributed by atoms with Gasteiger partial charge in [-0.15, -0.1) is 5.10 Å². The van der Waals surface area contributed by atoms with Gasteiger partial charge < -0.3 is 14.5 Å². The molecule has 30 heavy (non-hydrogen) atoms. The number of hydrogen-bond donors (Lipinski definition) is 0. The molecule has 162 valence electrons. The molecule has 0 aliphatic carbocycles. The van der Waals surface area contributed by atoms with E-state index >= 15 is 0 Å². The fraction of sp³-hybridized carbons (Fsp3) is 0.600. The van der Waals surface area contributed by atoms with Gasteiger partial charge in [-0.05, 0) is 36.4 Å². The number of tetrazole rings is 1. The van der Waals surface area contributed by atoms with Crippen LogP contribution in [-0.4, -0.2) is 87.4 Å². The number of ether oxygens (including phenoxy) is 1. The fourth-order valence-corrected chi connectivity index (χ4v) is 4.46. The minimum Gasteiger partial charge on any atom is -0.373 e. The minimum absolute atomic E-state index is 0.0334. The molecule has 4 rings (SSSR count). The normalized spacial score (nSPS) is 23.0. The summed E-state index contributed by atoms with van der Waals surface area (Å²) in [6.45, 7) is 9.37. The van der Waals surface area contributed by atoms with Crippen LogP contribution in [0.2, 0.25) is 5.02 Å². The van der Waals surface area contributed by atoms with Crippen molar-refractivity contribution >= 4 is 23.2 Å². The highest BCUT2D eigenvalue weighted by Crippen LogP contribution is 2.26. The number of carbonyl (C=O) groups excluding carboxylic acids is 1. The number of hydrogen-bond acceptors (Lipinski definition) is 7. The number of carbonyl (C=O) groups is 1. The van der Waals surface area contributed by atoms with E-state index in [1.54, 1.807) is 4.68 Å². The second kappa shape index (κ2) is 9.28. The summed E-state index contributed by atoms with van der Waals surface area (Å²) in [4.78, 5) is 19.2. The van der Waals surface area contributed by atoms with E-state index in [4.69, 9.17) is 16.3 Å². The van der Waals surface area contributed by atoms with Gasteiger partial charge in [0.25, 0.3) is 0 Å². The number of benzene rings is 1. The van der Waals surface area contributed by atoms with Crippen molar-refractivity contribution in [2.75, 3.05) is 44.2 Å². The molecule has 2 aliphatic rings. The van der Waals surface area contributed by atoms with E-state index in [-0.39, 0.29) is 24.7 Å². The quantitative estimate of drug-likeness (QED) is 0.702. The number of piperazine rings is 1. The molecule has 1 amide bonds. The summed E-state index contributed by atoms with van der Waals surface area (Å²) < 4.78 is 7.40. The van der Waals surface area contributed by atoms with Crippen molar-refractivity contribution in [1.82, 2.24) is 30.0 Å². The largest absolute Gasteiger partial charge is 0.373 e. The number of morpholine rings is 1. The van der Waals surface area contributed by atoms with Gasteiger partial charge >= 0.3 is 0 Å². The van der Waals surface area contributed by atoms with Crippen LogP contribution in [-0.2, 0) is 22.6 Å². The molecule has 2 aliphatic heterocycles. The predicted octanol–water partition coefficient (Wildman–Crippen LogP) is 1.28. The van der Waals surface area contributed by atoms with Crippen molar-refractivity contribution in [1.29, 1.82) is 0 Å². The van der Waals surface area contributed by atoms with Crippen LogP contribution in [0, 0.1) is 0 Å². The van der Waals surface area contributed by atoms with Crippen molar-refractivity contribution in [3.8, 4) is 0 Å². The summed E-state index contributed by atoms with van der Waals surface area (Å²) >= 11 is 6.31. The van der Waals surface area contributed by atoms with Crippen LogP contribution in [0.5, 0.6) is 0 Å². The Balaban J connectivity index is 1.32. The molecule has 0 unspecified atom stereocenters. The van der Waals surface area contributed by atoms with Crippen LogP contribution in [0.15, 0.2) is 24.3 Å². The summed E-state index contributed by atoms with van der Waals surface area (Å²) in [6, 6.07) is 7.81. The Hall–Kier alpha value is -2.23. The first-order chi connectivity index (χ1) is 14.5. The summed E-state index contributed by atoms with van der Waals surface area (Å²) in [7, 11) is 0. The van der Waals surface area contributed by atoms with Crippen molar-refractivity contribution in [2.24, 2.45) is 0 Å². The summed E-state index contributed by atoms with van der Waals surface area (Å²) in [5.41, 5.74) is 1.02. The monoisotopic (exact) mass is 433 g/mol. The number of anilines is 1. The van der Waals surface area contributed by atoms with Crippen molar-refractivity contribution < 1.29 is 9.53 Å². The molecule has 1 aromatic heterocycles. The van der Waals surface area contributed by atoms with Crippen molar-refractivity contribution in [3.63, 3.8) is 0 Å². The molecule has 0 N–H and O–H groups in total. The predicted molar refractivity (Wildman–Crippen MR) is 113 cm³/mol. The highest BCUT2D eigenvalue weighted by atomic mass is 35.5. The van der Waals surface area contributed by atoms with Crippen LogP contribution in [0.4, 0.5) is 5.69 Å². The Morgan fingerprint density at radius 3 is 2.53 bits per heavy atom. The standard InChI is InChI=1S/C20H28ClN7O2/c1-15-11-25(12-16(2)30-15)13-19-22-23-24-28(19)14-20(29)27-9-7-26(8-10-27)18-6-4-3-5-17(18)21/h3-6,15-16H,7-14H2,1-2H3/t15-,16+. The Labute approximate surface area is 181 Å². The molecule has 9 nitrogen and oxygen atoms in total. The zero-order valence-electron chi connectivity index (χ0n) is 17.4. The first-order valence-electron chi connectivity index (χ1n) is 10.4. The third-order valence-electron chi connectivity index (χ3n) is 5.58. The van der Waals surface area contributed by atoms with Gasteiger partial charge in [-0.1, -0.05) is 23.7 Å². The third kappa shape index (κ3) is 4.91. The molecular formula is C20H28ClN7O2. The first-order valence-corrected chi connectivity index (χ1v) is 10.8. The minimum atomic E-state index is 0.0334. The Morgan fingerprint density at radius 2 is 1.83 bits per heavy atom. The van der Waals surface area contributed by atoms with Gasteiger partial charge in [0.15, 0.2) is 5.82 Å². The summed E-state index contributed by atoms with van der Waals surface area (Å²) in [5.74, 6) is 0.741. The molecule has 2 aromatic rings. The van der Waals surface area contributed by atoms with Crippen LogP contribution in [0.25, 0.3) is 0 Å². The van der Waals surface area contributed by atoms with Crippen LogP contribution in [0.1, 0.15) is 19.7 Å². The maximum Gasteiger partial charge on any atom is 0.244 e. The summed E-state index contributed by atoms with van der Waals surface area (Å²) in [5, 5.41) is 12.7. The van der Waals surface area contributed by atoms with Gasteiger partial charge in [0.05, 0.1) is 29.5 Å². The molecule has 0 spiro atoms. The van der Waals surface area contributed by atoms with E-state index in [2.05, 4.69) is 39.2 Å². The van der Waals surface area contributed by atoms with E-state index < -0.39 is 0 Å². The SMILES string of the molecule is C[C@@H]1CN(Cc2nnnn2CC(=O)N2CCN(c3ccccc3Cl)CC2)C[C@H](C)O1. The smallest absolute Gasteiger partial charge is 0.244 e. The van der Waals surface area contributed by atoms with Gasteiger partial charge in [-0.3, -0.25) is 9.69 Å². The highest BCUT2D eigenvalue weighted by Gasteiger charge is 2.26. The zero-order chi connectivity index (χ0) is 21.1. The van der Waals surface area contributed by atoms with E-state index in [0.29, 0.717) is 25.5 Å². The van der Waals surface area contributed by atoms with Gasteiger partial charge in [-0.25, -0.2) is 4.68 Å². The van der Waals surface area contributed by atoms with E-state index in [0.717, 1.165) is 36.9 Å². The maximum absolute atomic E-state index is 12.9. The molecule has 10 heteroatoms. The number of rotatable bonds is 5. The Morgan fingerprint density at radius 1 is 1.13 bits per heavy atom. The lowest BCUT2D eigenvalue weighted by atomic mass is 10.2. The number of aromatic nitrogens is 4. The number of para-hydroxylation sites is 1. The highest BCUT2D eigenvalue weighted by molar-refractivity contribution is 6.33. The second-order valence-corrected chi connectivity index (χ2v) is 8.43. The fourth-order valence-electron chi connectivity index (χ4n) is 4.21. The average molecular weight is 434 g/mol.